The zero-order valence-corrected chi connectivity index (χ0v) is 17.2. The summed E-state index contributed by atoms with van der Waals surface area (Å²) < 4.78 is 10.6. The van der Waals surface area contributed by atoms with E-state index < -0.39 is 0 Å². The van der Waals surface area contributed by atoms with Crippen LogP contribution in [-0.4, -0.2) is 53.2 Å². The molecule has 0 spiro atoms. The maximum absolute atomic E-state index is 12.7. The van der Waals surface area contributed by atoms with E-state index in [0.29, 0.717) is 31.4 Å². The first-order valence-corrected chi connectivity index (χ1v) is 10.1. The quantitative estimate of drug-likeness (QED) is 0.600. The van der Waals surface area contributed by atoms with Crippen molar-refractivity contribution in [1.82, 2.24) is 20.4 Å². The summed E-state index contributed by atoms with van der Waals surface area (Å²) in [6, 6.07) is 16.6. The van der Waals surface area contributed by atoms with Crippen molar-refractivity contribution in [2.45, 2.75) is 13.5 Å². The van der Waals surface area contributed by atoms with Gasteiger partial charge in [-0.05, 0) is 31.2 Å². The van der Waals surface area contributed by atoms with Crippen molar-refractivity contribution < 1.29 is 18.8 Å². The number of aromatic nitrogens is 2. The molecule has 1 N–H and O–H groups in total. The molecule has 3 aromatic rings. The van der Waals surface area contributed by atoms with Gasteiger partial charge >= 0.3 is 6.03 Å². The zero-order valence-electron chi connectivity index (χ0n) is 17.2. The normalized spacial score (nSPS) is 13.5. The number of hydrogen-bond donors (Lipinski definition) is 1. The molecule has 0 unspecified atom stereocenters. The highest BCUT2D eigenvalue weighted by molar-refractivity contribution is 5.96. The summed E-state index contributed by atoms with van der Waals surface area (Å²) >= 11 is 0. The van der Waals surface area contributed by atoms with E-state index in [0.717, 1.165) is 17.0 Å². The molecule has 2 aromatic carbocycles. The van der Waals surface area contributed by atoms with Crippen molar-refractivity contribution in [2.24, 2.45) is 0 Å². The van der Waals surface area contributed by atoms with Crippen molar-refractivity contribution in [3.05, 3.63) is 60.5 Å². The molecule has 3 amide bonds. The fourth-order valence-electron chi connectivity index (χ4n) is 3.29. The lowest BCUT2D eigenvalue weighted by Crippen LogP contribution is -2.39. The zero-order chi connectivity index (χ0) is 21.6. The van der Waals surface area contributed by atoms with Gasteiger partial charge in [-0.3, -0.25) is 9.69 Å². The Labute approximate surface area is 179 Å². The van der Waals surface area contributed by atoms with Crippen molar-refractivity contribution >= 4 is 17.6 Å². The monoisotopic (exact) mass is 421 g/mol. The molecule has 9 heteroatoms. The maximum atomic E-state index is 12.7. The van der Waals surface area contributed by atoms with E-state index in [2.05, 4.69) is 15.5 Å². The topological polar surface area (TPSA) is 101 Å². The molecule has 1 fully saturated rings. The molecule has 1 saturated heterocycles. The van der Waals surface area contributed by atoms with Gasteiger partial charge in [0, 0.05) is 24.3 Å². The fourth-order valence-corrected chi connectivity index (χ4v) is 3.29. The Hall–Kier alpha value is -3.88. The number of ether oxygens (including phenoxy) is 1. The predicted octanol–water partition coefficient (Wildman–Crippen LogP) is 2.69. The SMILES string of the molecule is CCOc1ccc(N2CCN(CC(=O)NCc3nc(-c4ccccc4)no3)C2=O)cc1. The van der Waals surface area contributed by atoms with Crippen LogP contribution in [0.3, 0.4) is 0 Å². The van der Waals surface area contributed by atoms with E-state index >= 15 is 0 Å². The van der Waals surface area contributed by atoms with E-state index in [1.807, 2.05) is 61.5 Å². The fraction of sp³-hybridized carbons (Fsp3) is 0.273. The van der Waals surface area contributed by atoms with Gasteiger partial charge in [0.2, 0.25) is 17.6 Å². The van der Waals surface area contributed by atoms with E-state index in [-0.39, 0.29) is 25.0 Å². The first-order valence-electron chi connectivity index (χ1n) is 10.1. The van der Waals surface area contributed by atoms with Gasteiger partial charge in [0.25, 0.3) is 0 Å². The molecular weight excluding hydrogens is 398 g/mol. The third-order valence-corrected chi connectivity index (χ3v) is 4.83. The second-order valence-electron chi connectivity index (χ2n) is 6.94. The smallest absolute Gasteiger partial charge is 0.325 e. The van der Waals surface area contributed by atoms with Crippen LogP contribution in [0.2, 0.25) is 0 Å². The van der Waals surface area contributed by atoms with Crippen molar-refractivity contribution in [1.29, 1.82) is 0 Å². The number of anilines is 1. The Bertz CT molecular complexity index is 1040. The van der Waals surface area contributed by atoms with Crippen LogP contribution in [0.1, 0.15) is 12.8 Å². The molecule has 9 nitrogen and oxygen atoms in total. The molecular formula is C22H23N5O4. The van der Waals surface area contributed by atoms with Gasteiger partial charge in [-0.25, -0.2) is 4.79 Å². The molecule has 0 bridgehead atoms. The first kappa shape index (κ1) is 20.4. The molecule has 2 heterocycles. The summed E-state index contributed by atoms with van der Waals surface area (Å²) in [5, 5.41) is 6.65. The number of urea groups is 1. The molecule has 1 aromatic heterocycles. The number of carbonyl (C=O) groups is 2. The number of nitrogens with one attached hydrogen (secondary N) is 1. The maximum Gasteiger partial charge on any atom is 0.325 e. The van der Waals surface area contributed by atoms with Crippen LogP contribution in [0.15, 0.2) is 59.1 Å². The third-order valence-electron chi connectivity index (χ3n) is 4.83. The van der Waals surface area contributed by atoms with E-state index in [1.54, 1.807) is 4.90 Å². The molecule has 31 heavy (non-hydrogen) atoms. The number of carbonyl (C=O) groups excluding carboxylic acids is 2. The molecule has 0 saturated carbocycles. The lowest BCUT2D eigenvalue weighted by molar-refractivity contribution is -0.121. The number of nitrogens with zero attached hydrogens (tertiary/aromatic N) is 4. The standard InChI is InChI=1S/C22H23N5O4/c1-2-30-18-10-8-17(9-11-18)27-13-12-26(22(27)29)15-19(28)23-14-20-24-21(25-31-20)16-6-4-3-5-7-16/h3-11H,2,12-15H2,1H3,(H,23,28). The molecule has 1 aliphatic rings. The Morgan fingerprint density at radius 1 is 1.13 bits per heavy atom. The summed E-state index contributed by atoms with van der Waals surface area (Å²) in [4.78, 5) is 32.4. The highest BCUT2D eigenvalue weighted by atomic mass is 16.5. The third kappa shape index (κ3) is 4.82. The largest absolute Gasteiger partial charge is 0.494 e. The Balaban J connectivity index is 1.28. The summed E-state index contributed by atoms with van der Waals surface area (Å²) in [7, 11) is 0. The van der Waals surface area contributed by atoms with Crippen LogP contribution in [0, 0.1) is 0 Å². The summed E-state index contributed by atoms with van der Waals surface area (Å²) in [6.07, 6.45) is 0. The van der Waals surface area contributed by atoms with Crippen molar-refractivity contribution in [2.75, 3.05) is 31.1 Å². The van der Waals surface area contributed by atoms with Crippen LogP contribution in [0.25, 0.3) is 11.4 Å². The summed E-state index contributed by atoms with van der Waals surface area (Å²) in [5.41, 5.74) is 1.61. The van der Waals surface area contributed by atoms with Gasteiger partial charge in [-0.15, -0.1) is 0 Å². The van der Waals surface area contributed by atoms with E-state index in [1.165, 1.54) is 4.90 Å². The van der Waals surface area contributed by atoms with Gasteiger partial charge in [0.15, 0.2) is 0 Å². The highest BCUT2D eigenvalue weighted by Crippen LogP contribution is 2.23. The number of rotatable bonds is 8. The molecule has 4 rings (SSSR count). The van der Waals surface area contributed by atoms with Gasteiger partial charge in [-0.1, -0.05) is 35.5 Å². The molecule has 160 valence electrons. The van der Waals surface area contributed by atoms with Gasteiger partial charge in [-0.2, -0.15) is 4.98 Å². The highest BCUT2D eigenvalue weighted by Gasteiger charge is 2.30. The Morgan fingerprint density at radius 2 is 1.90 bits per heavy atom. The number of hydrogen-bond acceptors (Lipinski definition) is 6. The summed E-state index contributed by atoms with van der Waals surface area (Å²) in [5.74, 6) is 1.23. The minimum atomic E-state index is -0.290. The molecule has 0 radical (unpaired) electrons. The molecule has 0 atom stereocenters. The minimum absolute atomic E-state index is 0.0357. The molecule has 1 aliphatic heterocycles. The van der Waals surface area contributed by atoms with Crippen LogP contribution < -0.4 is 15.0 Å². The number of amides is 3. The second-order valence-corrected chi connectivity index (χ2v) is 6.94. The van der Waals surface area contributed by atoms with Gasteiger partial charge in [0.1, 0.15) is 12.3 Å². The number of benzene rings is 2. The van der Waals surface area contributed by atoms with Crippen LogP contribution in [-0.2, 0) is 11.3 Å². The van der Waals surface area contributed by atoms with Crippen molar-refractivity contribution in [3.8, 4) is 17.1 Å². The van der Waals surface area contributed by atoms with Crippen molar-refractivity contribution in [3.63, 3.8) is 0 Å². The molecule has 0 aliphatic carbocycles. The van der Waals surface area contributed by atoms with Crippen LogP contribution in [0.5, 0.6) is 5.75 Å². The Morgan fingerprint density at radius 3 is 2.65 bits per heavy atom. The van der Waals surface area contributed by atoms with Gasteiger partial charge < -0.3 is 19.5 Å². The minimum Gasteiger partial charge on any atom is -0.494 e. The summed E-state index contributed by atoms with van der Waals surface area (Å²) in [6.45, 7) is 3.56. The average molecular weight is 421 g/mol. The van der Waals surface area contributed by atoms with Crippen LogP contribution in [0.4, 0.5) is 10.5 Å². The van der Waals surface area contributed by atoms with Crippen LogP contribution >= 0.6 is 0 Å². The lowest BCUT2D eigenvalue weighted by atomic mass is 10.2. The van der Waals surface area contributed by atoms with Gasteiger partial charge in [0.05, 0.1) is 13.2 Å². The van der Waals surface area contributed by atoms with E-state index in [9.17, 15) is 9.59 Å². The Kier molecular flexibility index (Phi) is 6.11. The lowest BCUT2D eigenvalue weighted by Gasteiger charge is -2.18. The van der Waals surface area contributed by atoms with E-state index in [4.69, 9.17) is 9.26 Å². The second kappa shape index (κ2) is 9.29. The average Bonchev–Trinajstić information content (AvgIpc) is 3.41. The first-order chi connectivity index (χ1) is 15.1. The predicted molar refractivity (Wildman–Crippen MR) is 114 cm³/mol.